The number of rotatable bonds is 5. The van der Waals surface area contributed by atoms with Crippen molar-refractivity contribution in [2.45, 2.75) is 43.1 Å². The Morgan fingerprint density at radius 1 is 1.15 bits per heavy atom. The minimum absolute atomic E-state index is 0.00116. The van der Waals surface area contributed by atoms with Crippen molar-refractivity contribution in [3.8, 4) is 0 Å². The zero-order chi connectivity index (χ0) is 18.4. The van der Waals surface area contributed by atoms with Crippen LogP contribution in [0.2, 0.25) is 0 Å². The van der Waals surface area contributed by atoms with E-state index in [-0.39, 0.29) is 12.6 Å². The molecule has 1 aliphatic rings. The van der Waals surface area contributed by atoms with Crippen LogP contribution in [0.1, 0.15) is 29.5 Å². The van der Waals surface area contributed by atoms with Crippen molar-refractivity contribution in [3.05, 3.63) is 65.2 Å². The van der Waals surface area contributed by atoms with Crippen LogP contribution >= 0.6 is 11.8 Å². The third-order valence-corrected chi connectivity index (χ3v) is 6.25. The average Bonchev–Trinajstić information content (AvgIpc) is 2.68. The highest BCUT2D eigenvalue weighted by molar-refractivity contribution is 8.00. The SMILES string of the molecule is Cc1ccccc1SC1CCN(C(=O)NCc2cccc(CO)c2)CC1. The second-order valence-electron chi connectivity index (χ2n) is 6.71. The van der Waals surface area contributed by atoms with Gasteiger partial charge in [0, 0.05) is 29.8 Å². The summed E-state index contributed by atoms with van der Waals surface area (Å²) in [6.07, 6.45) is 2.04. The van der Waals surface area contributed by atoms with Crippen LogP contribution in [0.4, 0.5) is 4.79 Å². The van der Waals surface area contributed by atoms with E-state index in [1.807, 2.05) is 40.9 Å². The Balaban J connectivity index is 1.45. The molecule has 26 heavy (non-hydrogen) atoms. The number of hydrogen-bond acceptors (Lipinski definition) is 3. The number of hydrogen-bond donors (Lipinski definition) is 2. The number of aliphatic hydroxyl groups excluding tert-OH is 1. The first-order valence-electron chi connectivity index (χ1n) is 9.09. The zero-order valence-electron chi connectivity index (χ0n) is 15.1. The summed E-state index contributed by atoms with van der Waals surface area (Å²) in [7, 11) is 0. The number of thioether (sulfide) groups is 1. The number of likely N-dealkylation sites (tertiary alicyclic amines) is 1. The summed E-state index contributed by atoms with van der Waals surface area (Å²) >= 11 is 1.94. The van der Waals surface area contributed by atoms with Crippen LogP contribution in [0.5, 0.6) is 0 Å². The molecule has 0 aromatic heterocycles. The third-order valence-electron chi connectivity index (χ3n) is 4.73. The molecular formula is C21H26N2O2S. The van der Waals surface area contributed by atoms with Crippen molar-refractivity contribution in [3.63, 3.8) is 0 Å². The molecule has 0 bridgehead atoms. The first-order valence-corrected chi connectivity index (χ1v) is 9.97. The van der Waals surface area contributed by atoms with Gasteiger partial charge in [-0.2, -0.15) is 0 Å². The van der Waals surface area contributed by atoms with Crippen LogP contribution in [0.15, 0.2) is 53.4 Å². The molecule has 1 heterocycles. The fourth-order valence-corrected chi connectivity index (χ4v) is 4.39. The molecule has 1 fully saturated rings. The van der Waals surface area contributed by atoms with Gasteiger partial charge in [-0.25, -0.2) is 4.79 Å². The minimum Gasteiger partial charge on any atom is -0.392 e. The predicted octanol–water partition coefficient (Wildman–Crippen LogP) is 3.95. The Bertz CT molecular complexity index is 742. The maximum atomic E-state index is 12.4. The molecule has 1 aliphatic heterocycles. The van der Waals surface area contributed by atoms with E-state index in [4.69, 9.17) is 0 Å². The molecule has 0 radical (unpaired) electrons. The number of piperidine rings is 1. The number of carbonyl (C=O) groups is 1. The van der Waals surface area contributed by atoms with E-state index in [2.05, 4.69) is 36.5 Å². The van der Waals surface area contributed by atoms with Crippen molar-refractivity contribution in [2.24, 2.45) is 0 Å². The summed E-state index contributed by atoms with van der Waals surface area (Å²) in [5.74, 6) is 0. The van der Waals surface area contributed by atoms with Crippen LogP contribution in [0, 0.1) is 6.92 Å². The molecule has 138 valence electrons. The number of benzene rings is 2. The first kappa shape index (κ1) is 18.8. The molecule has 3 rings (SSSR count). The number of carbonyl (C=O) groups excluding carboxylic acids is 1. The molecule has 2 aromatic carbocycles. The lowest BCUT2D eigenvalue weighted by molar-refractivity contribution is 0.187. The van der Waals surface area contributed by atoms with Gasteiger partial charge in [0.2, 0.25) is 0 Å². The maximum Gasteiger partial charge on any atom is 0.317 e. The average molecular weight is 371 g/mol. The van der Waals surface area contributed by atoms with Gasteiger partial charge in [0.15, 0.2) is 0 Å². The lowest BCUT2D eigenvalue weighted by Crippen LogP contribution is -2.44. The molecular weight excluding hydrogens is 344 g/mol. The Kier molecular flexibility index (Phi) is 6.58. The minimum atomic E-state index is -0.00116. The van der Waals surface area contributed by atoms with E-state index in [1.54, 1.807) is 0 Å². The lowest BCUT2D eigenvalue weighted by Gasteiger charge is -2.32. The van der Waals surface area contributed by atoms with E-state index in [0.29, 0.717) is 11.8 Å². The molecule has 4 nitrogen and oxygen atoms in total. The highest BCUT2D eigenvalue weighted by Gasteiger charge is 2.23. The Morgan fingerprint density at radius 3 is 2.62 bits per heavy atom. The van der Waals surface area contributed by atoms with Crippen molar-refractivity contribution in [1.29, 1.82) is 0 Å². The number of nitrogens with zero attached hydrogens (tertiary/aromatic N) is 1. The summed E-state index contributed by atoms with van der Waals surface area (Å²) in [6.45, 7) is 4.26. The monoisotopic (exact) mass is 370 g/mol. The molecule has 2 amide bonds. The normalized spacial score (nSPS) is 15.1. The summed E-state index contributed by atoms with van der Waals surface area (Å²) in [5, 5.41) is 12.8. The molecule has 2 N–H and O–H groups in total. The maximum absolute atomic E-state index is 12.4. The van der Waals surface area contributed by atoms with E-state index in [1.165, 1.54) is 10.5 Å². The number of urea groups is 1. The number of nitrogens with one attached hydrogen (secondary N) is 1. The third kappa shape index (κ3) is 5.02. The van der Waals surface area contributed by atoms with Crippen LogP contribution in [-0.4, -0.2) is 34.4 Å². The van der Waals surface area contributed by atoms with Crippen molar-refractivity contribution in [2.75, 3.05) is 13.1 Å². The van der Waals surface area contributed by atoms with Crippen molar-refractivity contribution < 1.29 is 9.90 Å². The highest BCUT2D eigenvalue weighted by atomic mass is 32.2. The summed E-state index contributed by atoms with van der Waals surface area (Å²) in [5.41, 5.74) is 3.20. The fraction of sp³-hybridized carbons (Fsp3) is 0.381. The summed E-state index contributed by atoms with van der Waals surface area (Å²) in [6, 6.07) is 16.2. The van der Waals surface area contributed by atoms with Gasteiger partial charge in [0.1, 0.15) is 0 Å². The van der Waals surface area contributed by atoms with Crippen LogP contribution < -0.4 is 5.32 Å². The van der Waals surface area contributed by atoms with Crippen molar-refractivity contribution >= 4 is 17.8 Å². The highest BCUT2D eigenvalue weighted by Crippen LogP contribution is 2.32. The molecule has 5 heteroatoms. The molecule has 2 aromatic rings. The van der Waals surface area contributed by atoms with Crippen molar-refractivity contribution in [1.82, 2.24) is 10.2 Å². The molecule has 0 atom stereocenters. The van der Waals surface area contributed by atoms with Gasteiger partial charge in [0.05, 0.1) is 6.61 Å². The molecule has 1 saturated heterocycles. The fourth-order valence-electron chi connectivity index (χ4n) is 3.17. The molecule has 0 saturated carbocycles. The van der Waals surface area contributed by atoms with Gasteiger partial charge >= 0.3 is 6.03 Å². The van der Waals surface area contributed by atoms with Gasteiger partial charge < -0.3 is 15.3 Å². The largest absolute Gasteiger partial charge is 0.392 e. The molecule has 0 aliphatic carbocycles. The molecule has 0 unspecified atom stereocenters. The predicted molar refractivity (Wildman–Crippen MR) is 106 cm³/mol. The van der Waals surface area contributed by atoms with E-state index < -0.39 is 0 Å². The van der Waals surface area contributed by atoms with Gasteiger partial charge in [-0.1, -0.05) is 42.5 Å². The zero-order valence-corrected chi connectivity index (χ0v) is 16.0. The van der Waals surface area contributed by atoms with Crippen LogP contribution in [0.25, 0.3) is 0 Å². The topological polar surface area (TPSA) is 52.6 Å². The van der Waals surface area contributed by atoms with E-state index in [9.17, 15) is 9.90 Å². The Morgan fingerprint density at radius 2 is 1.88 bits per heavy atom. The quantitative estimate of drug-likeness (QED) is 0.838. The first-order chi connectivity index (χ1) is 12.7. The Labute approximate surface area is 159 Å². The Hall–Kier alpha value is -1.98. The number of aryl methyl sites for hydroxylation is 1. The molecule has 0 spiro atoms. The number of amides is 2. The standard InChI is InChI=1S/C21H26N2O2S/c1-16-5-2-3-8-20(16)26-19-9-11-23(12-10-19)21(25)22-14-17-6-4-7-18(13-17)15-24/h2-8,13,19,24H,9-12,14-15H2,1H3,(H,22,25). The van der Waals surface area contributed by atoms with Gasteiger partial charge in [-0.05, 0) is 42.5 Å². The van der Waals surface area contributed by atoms with E-state index in [0.717, 1.165) is 37.1 Å². The van der Waals surface area contributed by atoms with Crippen LogP contribution in [-0.2, 0) is 13.2 Å². The van der Waals surface area contributed by atoms with Gasteiger partial charge in [-0.15, -0.1) is 11.8 Å². The van der Waals surface area contributed by atoms with E-state index >= 15 is 0 Å². The lowest BCUT2D eigenvalue weighted by atomic mass is 10.1. The van der Waals surface area contributed by atoms with Gasteiger partial charge in [0.25, 0.3) is 0 Å². The smallest absolute Gasteiger partial charge is 0.317 e. The van der Waals surface area contributed by atoms with Crippen LogP contribution in [0.3, 0.4) is 0 Å². The van der Waals surface area contributed by atoms with Gasteiger partial charge in [-0.3, -0.25) is 0 Å². The second-order valence-corrected chi connectivity index (χ2v) is 8.05. The second kappa shape index (κ2) is 9.10. The summed E-state index contributed by atoms with van der Waals surface area (Å²) < 4.78 is 0. The number of aliphatic hydroxyl groups is 1. The summed E-state index contributed by atoms with van der Waals surface area (Å²) in [4.78, 5) is 15.7.